The Morgan fingerprint density at radius 3 is 2.08 bits per heavy atom. The van der Waals surface area contributed by atoms with Gasteiger partial charge < -0.3 is 10.6 Å². The standard InChI is InChI=1S/C15H22ClN3O3S.ClH/c1-11(12(2)17)15(20)18-7-9-19(10-8-18)23(21,22)14-5-3-13(16)4-6-14;/h3-6,11-12H,7-10,17H2,1-2H3;1H. The molecule has 1 aliphatic rings. The maximum absolute atomic E-state index is 12.6. The quantitative estimate of drug-likeness (QED) is 0.838. The van der Waals surface area contributed by atoms with E-state index in [-0.39, 0.29) is 48.3 Å². The second-order valence-corrected chi connectivity index (χ2v) is 8.21. The Hall–Kier alpha value is -0.860. The monoisotopic (exact) mass is 395 g/mol. The molecule has 0 radical (unpaired) electrons. The lowest BCUT2D eigenvalue weighted by molar-refractivity contribution is -0.136. The molecule has 1 saturated heterocycles. The average molecular weight is 396 g/mol. The number of carbonyl (C=O) groups is 1. The van der Waals surface area contributed by atoms with Gasteiger partial charge in [-0.3, -0.25) is 4.79 Å². The first-order chi connectivity index (χ1) is 10.7. The molecule has 1 aromatic rings. The summed E-state index contributed by atoms with van der Waals surface area (Å²) in [6.45, 7) is 4.91. The van der Waals surface area contributed by atoms with Crippen molar-refractivity contribution in [3.05, 3.63) is 29.3 Å². The number of amides is 1. The van der Waals surface area contributed by atoms with Crippen LogP contribution in [0.1, 0.15) is 13.8 Å². The highest BCUT2D eigenvalue weighted by Crippen LogP contribution is 2.20. The van der Waals surface area contributed by atoms with Crippen LogP contribution in [0.2, 0.25) is 5.02 Å². The first kappa shape index (κ1) is 21.2. The summed E-state index contributed by atoms with van der Waals surface area (Å²) in [5.74, 6) is -0.294. The Balaban J connectivity index is 0.00000288. The molecular weight excluding hydrogens is 373 g/mol. The number of nitrogens with zero attached hydrogens (tertiary/aromatic N) is 2. The number of benzene rings is 1. The second-order valence-electron chi connectivity index (χ2n) is 5.83. The lowest BCUT2D eigenvalue weighted by Gasteiger charge is -2.35. The molecule has 9 heteroatoms. The van der Waals surface area contributed by atoms with Crippen molar-refractivity contribution in [3.8, 4) is 0 Å². The van der Waals surface area contributed by atoms with Gasteiger partial charge in [0.1, 0.15) is 0 Å². The van der Waals surface area contributed by atoms with Crippen LogP contribution in [0.25, 0.3) is 0 Å². The van der Waals surface area contributed by atoms with Gasteiger partial charge in [0.15, 0.2) is 0 Å². The topological polar surface area (TPSA) is 83.7 Å². The molecule has 0 spiro atoms. The third kappa shape index (κ3) is 4.61. The Morgan fingerprint density at radius 2 is 1.62 bits per heavy atom. The number of piperazine rings is 1. The van der Waals surface area contributed by atoms with Crippen LogP contribution in [0, 0.1) is 5.92 Å². The molecule has 2 atom stereocenters. The van der Waals surface area contributed by atoms with Crippen LogP contribution in [0.5, 0.6) is 0 Å². The van der Waals surface area contributed by atoms with Crippen molar-refractivity contribution in [2.75, 3.05) is 26.2 Å². The zero-order chi connectivity index (χ0) is 17.2. The van der Waals surface area contributed by atoms with E-state index in [2.05, 4.69) is 0 Å². The molecule has 2 unspecified atom stereocenters. The summed E-state index contributed by atoms with van der Waals surface area (Å²) >= 11 is 5.79. The number of carbonyl (C=O) groups excluding carboxylic acids is 1. The first-order valence-electron chi connectivity index (χ1n) is 7.53. The largest absolute Gasteiger partial charge is 0.340 e. The molecule has 2 N–H and O–H groups in total. The number of nitrogens with two attached hydrogens (primary N) is 1. The normalized spacial score (nSPS) is 18.6. The highest BCUT2D eigenvalue weighted by atomic mass is 35.5. The summed E-state index contributed by atoms with van der Waals surface area (Å²) < 4.78 is 26.6. The number of halogens is 2. The van der Waals surface area contributed by atoms with E-state index in [1.54, 1.807) is 30.9 Å². The van der Waals surface area contributed by atoms with Crippen molar-refractivity contribution in [3.63, 3.8) is 0 Å². The number of hydrogen-bond donors (Lipinski definition) is 1. The summed E-state index contributed by atoms with van der Waals surface area (Å²) in [4.78, 5) is 14.2. The molecule has 0 bridgehead atoms. The van der Waals surface area contributed by atoms with E-state index >= 15 is 0 Å². The lowest BCUT2D eigenvalue weighted by Crippen LogP contribution is -2.53. The van der Waals surface area contributed by atoms with E-state index in [1.807, 2.05) is 0 Å². The Bertz CT molecular complexity index is 657. The van der Waals surface area contributed by atoms with Gasteiger partial charge in [0.05, 0.1) is 10.8 Å². The third-order valence-corrected chi connectivity index (χ3v) is 6.34. The van der Waals surface area contributed by atoms with E-state index < -0.39 is 10.0 Å². The summed E-state index contributed by atoms with van der Waals surface area (Å²) in [5.41, 5.74) is 5.76. The highest BCUT2D eigenvalue weighted by molar-refractivity contribution is 7.89. The van der Waals surface area contributed by atoms with Gasteiger partial charge in [0.25, 0.3) is 0 Å². The van der Waals surface area contributed by atoms with Crippen LogP contribution >= 0.6 is 24.0 Å². The molecule has 0 aliphatic carbocycles. The Labute approximate surface area is 154 Å². The van der Waals surface area contributed by atoms with E-state index in [4.69, 9.17) is 17.3 Å². The van der Waals surface area contributed by atoms with Crippen molar-refractivity contribution in [2.45, 2.75) is 24.8 Å². The maximum atomic E-state index is 12.6. The fourth-order valence-corrected chi connectivity index (χ4v) is 3.97. The number of sulfonamides is 1. The van der Waals surface area contributed by atoms with Crippen LogP contribution in [0.4, 0.5) is 0 Å². The summed E-state index contributed by atoms with van der Waals surface area (Å²) in [5, 5.41) is 0.490. The number of rotatable bonds is 4. The maximum Gasteiger partial charge on any atom is 0.243 e. The van der Waals surface area contributed by atoms with Crippen LogP contribution in [-0.2, 0) is 14.8 Å². The van der Waals surface area contributed by atoms with Crippen LogP contribution in [-0.4, -0.2) is 55.8 Å². The van der Waals surface area contributed by atoms with E-state index in [1.165, 1.54) is 16.4 Å². The smallest absolute Gasteiger partial charge is 0.243 e. The molecule has 1 aliphatic heterocycles. The van der Waals surface area contributed by atoms with Gasteiger partial charge >= 0.3 is 0 Å². The summed E-state index contributed by atoms with van der Waals surface area (Å²) in [6, 6.07) is 5.87. The van der Waals surface area contributed by atoms with E-state index in [0.717, 1.165) is 0 Å². The molecule has 1 fully saturated rings. The van der Waals surface area contributed by atoms with Gasteiger partial charge in [-0.25, -0.2) is 8.42 Å². The fraction of sp³-hybridized carbons (Fsp3) is 0.533. The minimum Gasteiger partial charge on any atom is -0.340 e. The van der Waals surface area contributed by atoms with Crippen molar-refractivity contribution in [1.82, 2.24) is 9.21 Å². The van der Waals surface area contributed by atoms with Gasteiger partial charge in [-0.1, -0.05) is 18.5 Å². The first-order valence-corrected chi connectivity index (χ1v) is 9.35. The van der Waals surface area contributed by atoms with Gasteiger partial charge in [0.2, 0.25) is 15.9 Å². The summed E-state index contributed by atoms with van der Waals surface area (Å²) in [7, 11) is -3.55. The fourth-order valence-electron chi connectivity index (χ4n) is 2.42. The minimum atomic E-state index is -3.55. The van der Waals surface area contributed by atoms with Gasteiger partial charge in [-0.05, 0) is 31.2 Å². The van der Waals surface area contributed by atoms with Crippen molar-refractivity contribution in [1.29, 1.82) is 0 Å². The Morgan fingerprint density at radius 1 is 1.12 bits per heavy atom. The van der Waals surface area contributed by atoms with Crippen LogP contribution in [0.15, 0.2) is 29.2 Å². The SMILES string of the molecule is CC(N)C(C)C(=O)N1CCN(S(=O)(=O)c2ccc(Cl)cc2)CC1.Cl. The zero-order valence-electron chi connectivity index (χ0n) is 13.7. The molecule has 6 nitrogen and oxygen atoms in total. The van der Waals surface area contributed by atoms with Crippen molar-refractivity contribution < 1.29 is 13.2 Å². The second kappa shape index (κ2) is 8.49. The molecule has 1 amide bonds. The van der Waals surface area contributed by atoms with E-state index in [0.29, 0.717) is 18.1 Å². The molecule has 0 aromatic heterocycles. The lowest BCUT2D eigenvalue weighted by atomic mass is 10.0. The molecule has 24 heavy (non-hydrogen) atoms. The Kier molecular flexibility index (Phi) is 7.49. The molecule has 136 valence electrons. The predicted molar refractivity (Wildman–Crippen MR) is 96.9 cm³/mol. The van der Waals surface area contributed by atoms with Crippen LogP contribution < -0.4 is 5.73 Å². The average Bonchev–Trinajstić information content (AvgIpc) is 2.54. The minimum absolute atomic E-state index is 0. The van der Waals surface area contributed by atoms with E-state index in [9.17, 15) is 13.2 Å². The third-order valence-electron chi connectivity index (χ3n) is 4.18. The van der Waals surface area contributed by atoms with Crippen molar-refractivity contribution in [2.24, 2.45) is 11.7 Å². The highest BCUT2D eigenvalue weighted by Gasteiger charge is 2.32. The van der Waals surface area contributed by atoms with Crippen molar-refractivity contribution >= 4 is 39.9 Å². The molecular formula is C15H23Cl2N3O3S. The molecule has 0 saturated carbocycles. The molecule has 2 rings (SSSR count). The van der Waals surface area contributed by atoms with Gasteiger partial charge in [-0.15, -0.1) is 12.4 Å². The molecule has 1 aromatic carbocycles. The van der Waals surface area contributed by atoms with Gasteiger partial charge in [0, 0.05) is 37.2 Å². The predicted octanol–water partition coefficient (Wildman–Crippen LogP) is 1.58. The summed E-state index contributed by atoms with van der Waals surface area (Å²) in [6.07, 6.45) is 0. The number of hydrogen-bond acceptors (Lipinski definition) is 4. The molecule has 1 heterocycles. The zero-order valence-corrected chi connectivity index (χ0v) is 16.1. The van der Waals surface area contributed by atoms with Gasteiger partial charge in [-0.2, -0.15) is 4.31 Å². The van der Waals surface area contributed by atoms with Crippen LogP contribution in [0.3, 0.4) is 0 Å².